The molecule has 8 heteroatoms. The molecule has 220 valence electrons. The van der Waals surface area contributed by atoms with Crippen LogP contribution in [-0.2, 0) is 15.6 Å². The lowest BCUT2D eigenvalue weighted by atomic mass is 9.76. The van der Waals surface area contributed by atoms with Crippen LogP contribution >= 0.6 is 11.6 Å². The highest BCUT2D eigenvalue weighted by molar-refractivity contribution is 6.35. The van der Waals surface area contributed by atoms with Crippen LogP contribution < -0.4 is 21.1 Å². The fourth-order valence-electron chi connectivity index (χ4n) is 4.32. The number of rotatable bonds is 11. The normalized spacial score (nSPS) is 12.5. The second-order valence-electron chi connectivity index (χ2n) is 11.6. The third kappa shape index (κ3) is 7.14. The van der Waals surface area contributed by atoms with E-state index in [0.29, 0.717) is 17.7 Å². The zero-order valence-electron chi connectivity index (χ0n) is 25.0. The number of hydrogen-bond acceptors (Lipinski definition) is 5. The Morgan fingerprint density at radius 2 is 1.59 bits per heavy atom. The molecule has 3 aromatic rings. The molecule has 2 amide bonds. The Hall–Kier alpha value is -3.71. The number of carbonyl (C=O) groups excluding carboxylic acids is 2. The minimum Gasteiger partial charge on any atom is -0.504 e. The van der Waals surface area contributed by atoms with Crippen LogP contribution in [-0.4, -0.2) is 23.0 Å². The molecule has 0 aliphatic heterocycles. The molecule has 7 nitrogen and oxygen atoms in total. The number of anilines is 3. The van der Waals surface area contributed by atoms with Gasteiger partial charge in [0, 0.05) is 11.1 Å². The first-order valence-corrected chi connectivity index (χ1v) is 14.4. The topological polar surface area (TPSA) is 114 Å². The number of nitrogens with one attached hydrogen (secondary N) is 2. The minimum absolute atomic E-state index is 0.00163. The largest absolute Gasteiger partial charge is 0.504 e. The zero-order chi connectivity index (χ0) is 30.5. The lowest BCUT2D eigenvalue weighted by Gasteiger charge is -2.31. The van der Waals surface area contributed by atoms with E-state index >= 15 is 0 Å². The predicted molar refractivity (Wildman–Crippen MR) is 168 cm³/mol. The van der Waals surface area contributed by atoms with Gasteiger partial charge in [-0.25, -0.2) is 0 Å². The van der Waals surface area contributed by atoms with Crippen LogP contribution in [0.25, 0.3) is 0 Å². The molecule has 1 unspecified atom stereocenters. The number of aromatic hydroxyl groups is 1. The quantitative estimate of drug-likeness (QED) is 0.135. The Balaban J connectivity index is 1.87. The maximum absolute atomic E-state index is 13.4. The molecule has 0 saturated heterocycles. The van der Waals surface area contributed by atoms with Crippen molar-refractivity contribution in [3.05, 3.63) is 76.3 Å². The number of phenols is 1. The number of halogens is 1. The van der Waals surface area contributed by atoms with E-state index in [-0.39, 0.29) is 32.9 Å². The summed E-state index contributed by atoms with van der Waals surface area (Å²) in [6.45, 7) is 14.9. The molecule has 0 heterocycles. The van der Waals surface area contributed by atoms with E-state index in [2.05, 4.69) is 64.3 Å². The molecule has 0 bridgehead atoms. The van der Waals surface area contributed by atoms with Gasteiger partial charge in [0.1, 0.15) is 11.4 Å². The molecule has 0 fully saturated rings. The first-order valence-electron chi connectivity index (χ1n) is 14.1. The summed E-state index contributed by atoms with van der Waals surface area (Å²) in [4.78, 5) is 26.0. The van der Waals surface area contributed by atoms with Gasteiger partial charge < -0.3 is 26.2 Å². The van der Waals surface area contributed by atoms with Gasteiger partial charge in [-0.05, 0) is 59.9 Å². The van der Waals surface area contributed by atoms with E-state index in [1.54, 1.807) is 30.3 Å². The second kappa shape index (κ2) is 12.9. The summed E-state index contributed by atoms with van der Waals surface area (Å²) < 4.78 is 6.34. The number of hydrogen-bond donors (Lipinski definition) is 4. The van der Waals surface area contributed by atoms with Gasteiger partial charge in [-0.3, -0.25) is 9.59 Å². The maximum Gasteiger partial charge on any atom is 0.265 e. The van der Waals surface area contributed by atoms with Gasteiger partial charge >= 0.3 is 0 Å². The van der Waals surface area contributed by atoms with Gasteiger partial charge in [0.15, 0.2) is 11.9 Å². The highest BCUT2D eigenvalue weighted by Crippen LogP contribution is 2.42. The van der Waals surface area contributed by atoms with Crippen LogP contribution in [0.5, 0.6) is 11.5 Å². The fourth-order valence-corrected chi connectivity index (χ4v) is 4.58. The summed E-state index contributed by atoms with van der Waals surface area (Å²) in [5.74, 6) is -0.647. The van der Waals surface area contributed by atoms with Gasteiger partial charge in [-0.1, -0.05) is 90.4 Å². The van der Waals surface area contributed by atoms with Crippen molar-refractivity contribution in [2.24, 2.45) is 0 Å². The molecule has 0 aliphatic rings. The second-order valence-corrected chi connectivity index (χ2v) is 12.0. The summed E-state index contributed by atoms with van der Waals surface area (Å²) in [5, 5.41) is 16.1. The van der Waals surface area contributed by atoms with E-state index < -0.39 is 23.7 Å². The van der Waals surface area contributed by atoms with Gasteiger partial charge in [0.05, 0.1) is 16.4 Å². The van der Waals surface area contributed by atoms with E-state index in [4.69, 9.17) is 22.1 Å². The van der Waals surface area contributed by atoms with Gasteiger partial charge in [-0.2, -0.15) is 0 Å². The van der Waals surface area contributed by atoms with Gasteiger partial charge in [-0.15, -0.1) is 0 Å². The molecule has 0 spiro atoms. The predicted octanol–water partition coefficient (Wildman–Crippen LogP) is 8.05. The van der Waals surface area contributed by atoms with Crippen molar-refractivity contribution in [1.29, 1.82) is 0 Å². The third-order valence-electron chi connectivity index (χ3n) is 8.01. The van der Waals surface area contributed by atoms with Gasteiger partial charge in [0.25, 0.3) is 11.8 Å². The number of carbonyl (C=O) groups is 2. The molecule has 0 aromatic heterocycles. The van der Waals surface area contributed by atoms with Crippen LogP contribution in [0.3, 0.4) is 0 Å². The van der Waals surface area contributed by atoms with Gasteiger partial charge in [0.2, 0.25) is 0 Å². The monoisotopic (exact) mass is 579 g/mol. The highest BCUT2D eigenvalue weighted by atomic mass is 35.5. The number of benzene rings is 3. The van der Waals surface area contributed by atoms with Crippen molar-refractivity contribution in [3.63, 3.8) is 0 Å². The maximum atomic E-state index is 13.4. The van der Waals surface area contributed by atoms with Crippen molar-refractivity contribution >= 4 is 40.5 Å². The Labute approximate surface area is 248 Å². The summed E-state index contributed by atoms with van der Waals surface area (Å²) in [6, 6.07) is 16.1. The lowest BCUT2D eigenvalue weighted by molar-refractivity contribution is -0.122. The van der Waals surface area contributed by atoms with E-state index in [1.165, 1.54) is 11.6 Å². The number of ether oxygens (including phenoxy) is 1. The third-order valence-corrected chi connectivity index (χ3v) is 8.31. The number of nitrogen functional groups attached to an aromatic ring is 1. The van der Waals surface area contributed by atoms with Crippen LogP contribution in [0.2, 0.25) is 5.02 Å². The average molecular weight is 580 g/mol. The van der Waals surface area contributed by atoms with E-state index in [9.17, 15) is 14.7 Å². The number of phenolic OH excluding ortho intramolecular Hbond substituents is 1. The van der Waals surface area contributed by atoms with Crippen molar-refractivity contribution in [1.82, 2.24) is 0 Å². The summed E-state index contributed by atoms with van der Waals surface area (Å²) in [7, 11) is 0. The van der Waals surface area contributed by atoms with Crippen molar-refractivity contribution < 1.29 is 19.4 Å². The van der Waals surface area contributed by atoms with E-state index in [1.807, 2.05) is 13.0 Å². The Bertz CT molecular complexity index is 1400. The Kier molecular flexibility index (Phi) is 9.98. The molecule has 0 saturated carbocycles. The highest BCUT2D eigenvalue weighted by Gasteiger charge is 2.29. The summed E-state index contributed by atoms with van der Waals surface area (Å²) >= 11 is 6.47. The van der Waals surface area contributed by atoms with E-state index in [0.717, 1.165) is 18.4 Å². The fraction of sp³-hybridized carbons (Fsp3) is 0.394. The molecule has 3 aromatic carbocycles. The van der Waals surface area contributed by atoms with Crippen molar-refractivity contribution in [2.75, 3.05) is 16.4 Å². The smallest absolute Gasteiger partial charge is 0.265 e. The minimum atomic E-state index is -0.846. The summed E-state index contributed by atoms with van der Waals surface area (Å²) in [5.41, 5.74) is 8.57. The average Bonchev–Trinajstić information content (AvgIpc) is 2.96. The first kappa shape index (κ1) is 31.8. The number of nitrogens with two attached hydrogens (primary N) is 1. The van der Waals surface area contributed by atoms with Crippen LogP contribution in [0.4, 0.5) is 17.1 Å². The Morgan fingerprint density at radius 3 is 2.17 bits per heavy atom. The summed E-state index contributed by atoms with van der Waals surface area (Å²) in [6.07, 6.45) is 1.42. The van der Waals surface area contributed by atoms with Crippen molar-refractivity contribution in [2.45, 2.75) is 84.7 Å². The molecular formula is C33H42ClN3O4. The standard InChI is InChI=1S/C33H42ClN3O4/c1-8-25(41-26-17-16-21(32(4,5)9-2)18-22(26)33(6,7)10-3)31(40)37-28-23(34)19-24(29(38)27(28)35)36-30(39)20-14-12-11-13-15-20/h11-19,25,38H,8-10,35H2,1-7H3,(H,36,39)(H,37,40). The van der Waals surface area contributed by atoms with Crippen LogP contribution in [0, 0.1) is 0 Å². The van der Waals surface area contributed by atoms with Crippen LogP contribution in [0.1, 0.15) is 89.2 Å². The Morgan fingerprint density at radius 1 is 0.951 bits per heavy atom. The lowest BCUT2D eigenvalue weighted by Crippen LogP contribution is -2.33. The molecule has 1 atom stereocenters. The first-order chi connectivity index (χ1) is 19.2. The SMILES string of the molecule is CCC(Oc1ccc(C(C)(C)CC)cc1C(C)(C)CC)C(=O)Nc1c(Cl)cc(NC(=O)c2ccccc2)c(O)c1N. The zero-order valence-corrected chi connectivity index (χ0v) is 25.8. The molecular weight excluding hydrogens is 538 g/mol. The molecule has 0 radical (unpaired) electrons. The number of amides is 2. The molecule has 0 aliphatic carbocycles. The van der Waals surface area contributed by atoms with Crippen LogP contribution in [0.15, 0.2) is 54.6 Å². The molecule has 41 heavy (non-hydrogen) atoms. The molecule has 3 rings (SSSR count). The van der Waals surface area contributed by atoms with Crippen molar-refractivity contribution in [3.8, 4) is 11.5 Å². The molecule has 5 N–H and O–H groups in total.